The maximum Gasteiger partial charge on any atom is 0.335 e. The minimum absolute atomic E-state index is 0.314. The third-order valence-corrected chi connectivity index (χ3v) is 2.30. The van der Waals surface area contributed by atoms with Crippen LogP contribution < -0.4 is 0 Å². The van der Waals surface area contributed by atoms with Gasteiger partial charge in [-0.3, -0.25) is 0 Å². The molecule has 88 valence electrons. The average Bonchev–Trinajstić information content (AvgIpc) is 2.29. The lowest BCUT2D eigenvalue weighted by Gasteiger charge is -2.35. The van der Waals surface area contributed by atoms with Crippen molar-refractivity contribution < 1.29 is 19.0 Å². The zero-order valence-electron chi connectivity index (χ0n) is 9.73. The molecule has 0 heterocycles. The van der Waals surface area contributed by atoms with Gasteiger partial charge in [0.25, 0.3) is 5.79 Å². The Kier molecular flexibility index (Phi) is 4.04. The summed E-state index contributed by atoms with van der Waals surface area (Å²) in [5.74, 6) is -1.72. The van der Waals surface area contributed by atoms with Gasteiger partial charge in [0.1, 0.15) is 6.10 Å². The number of allylic oxidation sites excluding steroid dienone is 2. The Morgan fingerprint density at radius 2 is 2.06 bits per heavy atom. The van der Waals surface area contributed by atoms with Gasteiger partial charge in [0.15, 0.2) is 0 Å². The van der Waals surface area contributed by atoms with Gasteiger partial charge in [-0.1, -0.05) is 18.7 Å². The number of ether oxygens (including phenoxy) is 3. The molecule has 4 heteroatoms. The lowest BCUT2D eigenvalue weighted by Crippen LogP contribution is -2.47. The van der Waals surface area contributed by atoms with Crippen molar-refractivity contribution in [2.24, 2.45) is 0 Å². The molecule has 0 radical (unpaired) electrons. The van der Waals surface area contributed by atoms with E-state index in [1.165, 1.54) is 14.2 Å². The van der Waals surface area contributed by atoms with Gasteiger partial charge in [-0.25, -0.2) is 4.79 Å². The van der Waals surface area contributed by atoms with Gasteiger partial charge in [-0.05, 0) is 19.1 Å². The molecule has 0 amide bonds. The largest absolute Gasteiger partial charge is 0.423 e. The van der Waals surface area contributed by atoms with E-state index in [2.05, 4.69) is 6.58 Å². The first-order chi connectivity index (χ1) is 7.55. The molecule has 1 aliphatic carbocycles. The Morgan fingerprint density at radius 1 is 1.38 bits per heavy atom. The van der Waals surface area contributed by atoms with Crippen LogP contribution in [0.3, 0.4) is 0 Å². The molecule has 0 saturated heterocycles. The summed E-state index contributed by atoms with van der Waals surface area (Å²) in [7, 11) is 2.98. The highest BCUT2D eigenvalue weighted by Crippen LogP contribution is 2.27. The molecular formula is C12H16O4. The van der Waals surface area contributed by atoms with E-state index in [-0.39, 0.29) is 0 Å². The van der Waals surface area contributed by atoms with Crippen molar-refractivity contribution in [3.8, 4) is 0 Å². The first-order valence-corrected chi connectivity index (χ1v) is 4.88. The lowest BCUT2D eigenvalue weighted by atomic mass is 10.0. The van der Waals surface area contributed by atoms with Crippen LogP contribution in [0.1, 0.15) is 6.92 Å². The number of hydrogen-bond acceptors (Lipinski definition) is 4. The second-order valence-electron chi connectivity index (χ2n) is 3.50. The van der Waals surface area contributed by atoms with Crippen molar-refractivity contribution >= 4 is 5.97 Å². The van der Waals surface area contributed by atoms with Gasteiger partial charge in [-0.2, -0.15) is 0 Å². The number of esters is 1. The van der Waals surface area contributed by atoms with E-state index in [0.717, 1.165) is 0 Å². The van der Waals surface area contributed by atoms with Crippen LogP contribution >= 0.6 is 0 Å². The van der Waals surface area contributed by atoms with Crippen LogP contribution in [0.2, 0.25) is 0 Å². The molecule has 2 atom stereocenters. The van der Waals surface area contributed by atoms with Crippen LogP contribution in [0.25, 0.3) is 0 Å². The number of rotatable bonds is 4. The zero-order chi connectivity index (χ0) is 12.2. The minimum atomic E-state index is -1.21. The average molecular weight is 224 g/mol. The predicted octanol–water partition coefficient (Wildman–Crippen LogP) is 1.59. The molecule has 0 aromatic heterocycles. The van der Waals surface area contributed by atoms with Crippen LogP contribution in [0.15, 0.2) is 36.5 Å². The quantitative estimate of drug-likeness (QED) is 0.413. The molecule has 0 bridgehead atoms. The number of carbonyl (C=O) groups excluding carboxylic acids is 1. The second kappa shape index (κ2) is 5.09. The van der Waals surface area contributed by atoms with Crippen LogP contribution in [-0.4, -0.2) is 32.1 Å². The fraction of sp³-hybridized carbons (Fsp3) is 0.417. The van der Waals surface area contributed by atoms with Gasteiger partial charge in [-0.15, -0.1) is 0 Å². The highest BCUT2D eigenvalue weighted by atomic mass is 16.7. The van der Waals surface area contributed by atoms with Gasteiger partial charge in [0.2, 0.25) is 0 Å². The first-order valence-electron chi connectivity index (χ1n) is 4.88. The lowest BCUT2D eigenvalue weighted by molar-refractivity contribution is -0.227. The van der Waals surface area contributed by atoms with Crippen molar-refractivity contribution in [2.45, 2.75) is 18.8 Å². The smallest absolute Gasteiger partial charge is 0.335 e. The summed E-state index contributed by atoms with van der Waals surface area (Å²) < 4.78 is 15.7. The van der Waals surface area contributed by atoms with Crippen molar-refractivity contribution in [2.75, 3.05) is 14.2 Å². The third kappa shape index (κ3) is 2.40. The van der Waals surface area contributed by atoms with Gasteiger partial charge in [0.05, 0.1) is 0 Å². The molecule has 4 nitrogen and oxygen atoms in total. The zero-order valence-corrected chi connectivity index (χ0v) is 9.73. The van der Waals surface area contributed by atoms with E-state index in [0.29, 0.717) is 5.57 Å². The molecule has 1 aliphatic rings. The first kappa shape index (κ1) is 12.7. The summed E-state index contributed by atoms with van der Waals surface area (Å²) in [6.45, 7) is 5.10. The maximum atomic E-state index is 11.5. The number of carbonyl (C=O) groups is 1. The maximum absolute atomic E-state index is 11.5. The fourth-order valence-corrected chi connectivity index (χ4v) is 1.38. The molecule has 16 heavy (non-hydrogen) atoms. The highest BCUT2D eigenvalue weighted by Gasteiger charge is 2.41. The molecule has 0 aromatic carbocycles. The molecule has 2 unspecified atom stereocenters. The van der Waals surface area contributed by atoms with E-state index < -0.39 is 17.9 Å². The van der Waals surface area contributed by atoms with Crippen LogP contribution in [0, 0.1) is 0 Å². The fourth-order valence-electron chi connectivity index (χ4n) is 1.38. The molecule has 0 aliphatic heterocycles. The summed E-state index contributed by atoms with van der Waals surface area (Å²) in [6, 6.07) is 0. The normalized spacial score (nSPS) is 27.8. The van der Waals surface area contributed by atoms with E-state index >= 15 is 0 Å². The molecule has 0 N–H and O–H groups in total. The number of hydrogen-bond donors (Lipinski definition) is 0. The Labute approximate surface area is 95.2 Å². The SMILES string of the molecule is C=C(C)C(=O)OC1(OC)C=CC=CC1OC. The Bertz CT molecular complexity index is 343. The summed E-state index contributed by atoms with van der Waals surface area (Å²) >= 11 is 0. The van der Waals surface area contributed by atoms with Crippen LogP contribution in [-0.2, 0) is 19.0 Å². The molecule has 0 spiro atoms. The second-order valence-corrected chi connectivity index (χ2v) is 3.50. The third-order valence-electron chi connectivity index (χ3n) is 2.30. The molecular weight excluding hydrogens is 208 g/mol. The summed E-state index contributed by atoms with van der Waals surface area (Å²) in [6.07, 6.45) is 6.48. The summed E-state index contributed by atoms with van der Waals surface area (Å²) in [5, 5.41) is 0. The van der Waals surface area contributed by atoms with E-state index in [4.69, 9.17) is 14.2 Å². The highest BCUT2D eigenvalue weighted by molar-refractivity contribution is 5.87. The van der Waals surface area contributed by atoms with Gasteiger partial charge >= 0.3 is 5.97 Å². The van der Waals surface area contributed by atoms with Crippen LogP contribution in [0.5, 0.6) is 0 Å². The van der Waals surface area contributed by atoms with Gasteiger partial charge in [0, 0.05) is 19.8 Å². The van der Waals surface area contributed by atoms with Crippen molar-refractivity contribution in [1.82, 2.24) is 0 Å². The summed E-state index contributed by atoms with van der Waals surface area (Å²) in [5.41, 5.74) is 0.314. The Balaban J connectivity index is 2.92. The van der Waals surface area contributed by atoms with E-state index in [1.807, 2.05) is 0 Å². The van der Waals surface area contributed by atoms with Gasteiger partial charge < -0.3 is 14.2 Å². The molecule has 0 saturated carbocycles. The standard InChI is InChI=1S/C12H16O4/c1-9(2)11(13)16-12(15-4)8-6-5-7-10(12)14-3/h5-8,10H,1H2,2-4H3. The monoisotopic (exact) mass is 224 g/mol. The Hall–Kier alpha value is -1.39. The summed E-state index contributed by atoms with van der Waals surface area (Å²) in [4.78, 5) is 11.5. The van der Waals surface area contributed by atoms with E-state index in [9.17, 15) is 4.79 Å². The molecule has 0 fully saturated rings. The number of methoxy groups -OCH3 is 2. The molecule has 0 aromatic rings. The topological polar surface area (TPSA) is 44.8 Å². The van der Waals surface area contributed by atoms with Crippen molar-refractivity contribution in [3.63, 3.8) is 0 Å². The molecule has 1 rings (SSSR count). The van der Waals surface area contributed by atoms with Crippen LogP contribution in [0.4, 0.5) is 0 Å². The van der Waals surface area contributed by atoms with Crippen molar-refractivity contribution in [3.05, 3.63) is 36.5 Å². The predicted molar refractivity (Wildman–Crippen MR) is 59.7 cm³/mol. The Morgan fingerprint density at radius 3 is 2.56 bits per heavy atom. The van der Waals surface area contributed by atoms with Crippen molar-refractivity contribution in [1.29, 1.82) is 0 Å². The minimum Gasteiger partial charge on any atom is -0.423 e. The van der Waals surface area contributed by atoms with E-state index in [1.54, 1.807) is 31.2 Å².